The van der Waals surface area contributed by atoms with Crippen molar-refractivity contribution in [2.24, 2.45) is 0 Å². The van der Waals surface area contributed by atoms with Gasteiger partial charge in [-0.1, -0.05) is 44.1 Å². The van der Waals surface area contributed by atoms with Crippen LogP contribution in [-0.4, -0.2) is 11.1 Å². The molecule has 1 N–H and O–H groups in total. The molecule has 0 aliphatic heterocycles. The maximum atomic E-state index is 10.3. The van der Waals surface area contributed by atoms with Crippen molar-refractivity contribution < 1.29 is 9.90 Å². The van der Waals surface area contributed by atoms with Crippen LogP contribution in [0.15, 0.2) is 42.2 Å². The average molecular weight is 276 g/mol. The molecule has 0 rings (SSSR count). The largest absolute Gasteiger partial charge is 0.481 e. The van der Waals surface area contributed by atoms with E-state index in [0.717, 1.165) is 51.4 Å². The molecule has 0 amide bonds. The molecule has 0 spiro atoms. The summed E-state index contributed by atoms with van der Waals surface area (Å²) in [4.78, 5) is 10.3. The standard InChI is InChI=1S/C18H28O2/c1-2-3-4-5-6-7-8-9-10-11-12-13-14-15-16-17-18(19)20/h3-4,6-7,9,11H,2,5,8,12-17H2,1H3,(H,19,20)/b4-3+,7-6+. The molecule has 112 valence electrons. The van der Waals surface area contributed by atoms with E-state index in [-0.39, 0.29) is 0 Å². The molecular weight excluding hydrogens is 248 g/mol. The molecule has 0 radical (unpaired) electrons. The van der Waals surface area contributed by atoms with Crippen molar-refractivity contribution in [3.8, 4) is 0 Å². The first-order valence-electron chi connectivity index (χ1n) is 7.68. The third-order valence-corrected chi connectivity index (χ3v) is 2.82. The normalized spacial score (nSPS) is 10.8. The van der Waals surface area contributed by atoms with Crippen LogP contribution >= 0.6 is 0 Å². The van der Waals surface area contributed by atoms with E-state index in [1.807, 2.05) is 6.08 Å². The molecule has 2 heteroatoms. The summed E-state index contributed by atoms with van der Waals surface area (Å²) >= 11 is 0. The molecule has 0 saturated heterocycles. The van der Waals surface area contributed by atoms with Crippen LogP contribution < -0.4 is 0 Å². The van der Waals surface area contributed by atoms with E-state index in [4.69, 9.17) is 5.11 Å². The lowest BCUT2D eigenvalue weighted by Crippen LogP contribution is -1.93. The molecule has 0 aliphatic carbocycles. The van der Waals surface area contributed by atoms with Crippen LogP contribution in [0.25, 0.3) is 0 Å². The third kappa shape index (κ3) is 16.5. The number of aliphatic carboxylic acids is 1. The fraction of sp³-hybridized carbons (Fsp3) is 0.556. The SMILES string of the molecule is CC/C=C/C/C=C/CC=C=CCCCCCCC(=O)O. The highest BCUT2D eigenvalue weighted by molar-refractivity contribution is 5.66. The number of unbranched alkanes of at least 4 members (excludes halogenated alkanes) is 4. The molecule has 0 aliphatic rings. The minimum atomic E-state index is -0.689. The lowest BCUT2D eigenvalue weighted by atomic mass is 10.1. The van der Waals surface area contributed by atoms with Gasteiger partial charge in [-0.3, -0.25) is 4.79 Å². The van der Waals surface area contributed by atoms with Crippen LogP contribution in [0.5, 0.6) is 0 Å². The topological polar surface area (TPSA) is 37.3 Å². The van der Waals surface area contributed by atoms with Crippen LogP contribution in [0.4, 0.5) is 0 Å². The molecule has 0 saturated carbocycles. The lowest BCUT2D eigenvalue weighted by molar-refractivity contribution is -0.137. The third-order valence-electron chi connectivity index (χ3n) is 2.82. The Labute approximate surface area is 123 Å². The second kappa shape index (κ2) is 15.5. The Bertz CT molecular complexity index is 344. The first-order chi connectivity index (χ1) is 9.77. The van der Waals surface area contributed by atoms with E-state index in [0.29, 0.717) is 6.42 Å². The lowest BCUT2D eigenvalue weighted by Gasteiger charge is -1.95. The Hall–Kier alpha value is -1.53. The Morgan fingerprint density at radius 3 is 2.40 bits per heavy atom. The summed E-state index contributed by atoms with van der Waals surface area (Å²) in [5.74, 6) is -0.689. The number of hydrogen-bond acceptors (Lipinski definition) is 1. The molecule has 2 nitrogen and oxygen atoms in total. The van der Waals surface area contributed by atoms with Crippen molar-refractivity contribution in [1.29, 1.82) is 0 Å². The smallest absolute Gasteiger partial charge is 0.303 e. The van der Waals surface area contributed by atoms with Gasteiger partial charge in [0.15, 0.2) is 0 Å². The molecule has 0 fully saturated rings. The molecule has 20 heavy (non-hydrogen) atoms. The summed E-state index contributed by atoms with van der Waals surface area (Å²) in [6.45, 7) is 2.14. The minimum absolute atomic E-state index is 0.301. The van der Waals surface area contributed by atoms with Crippen LogP contribution in [-0.2, 0) is 4.79 Å². The second-order valence-electron chi connectivity index (χ2n) is 4.74. The summed E-state index contributed by atoms with van der Waals surface area (Å²) in [6.07, 6.45) is 21.2. The fourth-order valence-electron chi connectivity index (χ4n) is 1.71. The molecule has 0 aromatic rings. The fourth-order valence-corrected chi connectivity index (χ4v) is 1.71. The van der Waals surface area contributed by atoms with Crippen LogP contribution in [0.3, 0.4) is 0 Å². The van der Waals surface area contributed by atoms with Gasteiger partial charge in [-0.2, -0.15) is 0 Å². The molecule has 0 atom stereocenters. The first-order valence-corrected chi connectivity index (χ1v) is 7.68. The van der Waals surface area contributed by atoms with Gasteiger partial charge in [0.05, 0.1) is 0 Å². The zero-order valence-electron chi connectivity index (χ0n) is 12.7. The highest BCUT2D eigenvalue weighted by atomic mass is 16.4. The number of carboxylic acid groups (broad SMARTS) is 1. The summed E-state index contributed by atoms with van der Waals surface area (Å²) in [5, 5.41) is 8.49. The molecular formula is C18H28O2. The Morgan fingerprint density at radius 1 is 0.950 bits per heavy atom. The predicted molar refractivity (Wildman–Crippen MR) is 85.8 cm³/mol. The van der Waals surface area contributed by atoms with Crippen molar-refractivity contribution in [2.75, 3.05) is 0 Å². The zero-order valence-corrected chi connectivity index (χ0v) is 12.7. The quantitative estimate of drug-likeness (QED) is 0.293. The maximum absolute atomic E-state index is 10.3. The van der Waals surface area contributed by atoms with E-state index in [1.165, 1.54) is 0 Å². The maximum Gasteiger partial charge on any atom is 0.303 e. The van der Waals surface area contributed by atoms with E-state index in [9.17, 15) is 4.79 Å². The number of allylic oxidation sites excluding steroid dienone is 5. The van der Waals surface area contributed by atoms with Gasteiger partial charge in [-0.15, -0.1) is 5.73 Å². The van der Waals surface area contributed by atoms with Crippen molar-refractivity contribution >= 4 is 5.97 Å². The van der Waals surface area contributed by atoms with Gasteiger partial charge in [0.25, 0.3) is 0 Å². The summed E-state index contributed by atoms with van der Waals surface area (Å²) < 4.78 is 0. The van der Waals surface area contributed by atoms with Crippen LogP contribution in [0.2, 0.25) is 0 Å². The summed E-state index contributed by atoms with van der Waals surface area (Å²) in [6, 6.07) is 0. The molecule has 0 aromatic carbocycles. The Kier molecular flexibility index (Phi) is 14.3. The Morgan fingerprint density at radius 2 is 1.65 bits per heavy atom. The summed E-state index contributed by atoms with van der Waals surface area (Å²) in [7, 11) is 0. The van der Waals surface area contributed by atoms with E-state index >= 15 is 0 Å². The second-order valence-corrected chi connectivity index (χ2v) is 4.74. The van der Waals surface area contributed by atoms with E-state index in [2.05, 4.69) is 43.0 Å². The number of carboxylic acids is 1. The van der Waals surface area contributed by atoms with Gasteiger partial charge in [0, 0.05) is 6.42 Å². The van der Waals surface area contributed by atoms with Gasteiger partial charge in [0.2, 0.25) is 0 Å². The molecule has 0 aromatic heterocycles. The minimum Gasteiger partial charge on any atom is -0.481 e. The van der Waals surface area contributed by atoms with Crippen molar-refractivity contribution in [3.05, 3.63) is 42.2 Å². The molecule has 0 unspecified atom stereocenters. The number of carbonyl (C=O) groups is 1. The van der Waals surface area contributed by atoms with Crippen LogP contribution in [0.1, 0.15) is 64.7 Å². The average Bonchev–Trinajstić information content (AvgIpc) is 2.43. The van der Waals surface area contributed by atoms with Gasteiger partial charge >= 0.3 is 5.97 Å². The monoisotopic (exact) mass is 276 g/mol. The van der Waals surface area contributed by atoms with Crippen molar-refractivity contribution in [3.63, 3.8) is 0 Å². The highest BCUT2D eigenvalue weighted by Crippen LogP contribution is 2.05. The van der Waals surface area contributed by atoms with E-state index in [1.54, 1.807) is 0 Å². The van der Waals surface area contributed by atoms with Gasteiger partial charge in [-0.25, -0.2) is 0 Å². The van der Waals surface area contributed by atoms with Gasteiger partial charge in [0.1, 0.15) is 0 Å². The van der Waals surface area contributed by atoms with Crippen molar-refractivity contribution in [1.82, 2.24) is 0 Å². The molecule has 0 bridgehead atoms. The van der Waals surface area contributed by atoms with Crippen molar-refractivity contribution in [2.45, 2.75) is 64.7 Å². The first kappa shape index (κ1) is 18.5. The van der Waals surface area contributed by atoms with Gasteiger partial charge in [-0.05, 0) is 50.7 Å². The number of rotatable bonds is 12. The van der Waals surface area contributed by atoms with Gasteiger partial charge < -0.3 is 5.11 Å². The Balaban J connectivity index is 3.39. The predicted octanol–water partition coefficient (Wildman–Crippen LogP) is 5.43. The zero-order chi connectivity index (χ0) is 14.9. The number of hydrogen-bond donors (Lipinski definition) is 1. The summed E-state index contributed by atoms with van der Waals surface area (Å²) in [5.41, 5.74) is 3.18. The van der Waals surface area contributed by atoms with E-state index < -0.39 is 5.97 Å². The highest BCUT2D eigenvalue weighted by Gasteiger charge is 1.95. The molecule has 0 heterocycles. The van der Waals surface area contributed by atoms with Crippen LogP contribution in [0, 0.1) is 0 Å².